The summed E-state index contributed by atoms with van der Waals surface area (Å²) in [6, 6.07) is 17.0. The minimum Gasteiger partial charge on any atom is -0.229 e. The Morgan fingerprint density at radius 1 is 0.917 bits per heavy atom. The van der Waals surface area contributed by atoms with Gasteiger partial charge >= 0.3 is 0 Å². The van der Waals surface area contributed by atoms with Crippen LogP contribution in [0.3, 0.4) is 0 Å². The standard InChI is InChI=1S/C19H16N2S3/c1-12(2)13-7-9-14(10-8-13)16-11-22-18(21-16)24-19-20-15-5-3-4-6-17(15)23-19/h3-12H,1-2H3. The molecule has 0 fully saturated rings. The van der Waals surface area contributed by atoms with Crippen LogP contribution in [0, 0.1) is 0 Å². The smallest absolute Gasteiger partial charge is 0.158 e. The predicted octanol–water partition coefficient (Wildman–Crippen LogP) is 6.69. The summed E-state index contributed by atoms with van der Waals surface area (Å²) in [5.41, 5.74) is 4.63. The van der Waals surface area contributed by atoms with Gasteiger partial charge in [-0.1, -0.05) is 50.2 Å². The average Bonchev–Trinajstić information content (AvgIpc) is 3.21. The zero-order valence-corrected chi connectivity index (χ0v) is 15.8. The number of thiazole rings is 2. The molecule has 0 saturated heterocycles. The number of fused-ring (bicyclic) bond motifs is 1. The molecule has 0 bridgehead atoms. The summed E-state index contributed by atoms with van der Waals surface area (Å²) in [5.74, 6) is 0.555. The SMILES string of the molecule is CC(C)c1ccc(-c2csc(Sc3nc4ccccc4s3)n2)cc1. The maximum Gasteiger partial charge on any atom is 0.158 e. The highest BCUT2D eigenvalue weighted by Gasteiger charge is 2.10. The highest BCUT2D eigenvalue weighted by molar-refractivity contribution is 8.02. The first-order valence-electron chi connectivity index (χ1n) is 7.78. The molecular formula is C19H16N2S3. The molecule has 120 valence electrons. The van der Waals surface area contributed by atoms with Crippen molar-refractivity contribution in [1.82, 2.24) is 9.97 Å². The largest absolute Gasteiger partial charge is 0.229 e. The van der Waals surface area contributed by atoms with Gasteiger partial charge in [-0.05, 0) is 35.4 Å². The predicted molar refractivity (Wildman–Crippen MR) is 105 cm³/mol. The van der Waals surface area contributed by atoms with E-state index in [0.29, 0.717) is 5.92 Å². The monoisotopic (exact) mass is 368 g/mol. The highest BCUT2D eigenvalue weighted by Crippen LogP contribution is 2.37. The molecule has 4 rings (SSSR count). The van der Waals surface area contributed by atoms with Gasteiger partial charge in [0.2, 0.25) is 0 Å². The third-order valence-electron chi connectivity index (χ3n) is 3.81. The molecule has 0 radical (unpaired) electrons. The fraction of sp³-hybridized carbons (Fsp3) is 0.158. The van der Waals surface area contributed by atoms with Gasteiger partial charge in [0.1, 0.15) is 0 Å². The van der Waals surface area contributed by atoms with Crippen molar-refractivity contribution in [2.45, 2.75) is 28.4 Å². The lowest BCUT2D eigenvalue weighted by atomic mass is 10.0. The molecule has 0 spiro atoms. The van der Waals surface area contributed by atoms with Gasteiger partial charge in [0, 0.05) is 10.9 Å². The average molecular weight is 369 g/mol. The third kappa shape index (κ3) is 3.24. The first kappa shape index (κ1) is 15.8. The Morgan fingerprint density at radius 2 is 1.71 bits per heavy atom. The maximum absolute atomic E-state index is 4.77. The molecule has 2 aromatic carbocycles. The van der Waals surface area contributed by atoms with Crippen LogP contribution in [0.15, 0.2) is 62.6 Å². The number of benzene rings is 2. The Balaban J connectivity index is 1.55. The number of hydrogen-bond donors (Lipinski definition) is 0. The number of nitrogens with zero attached hydrogens (tertiary/aromatic N) is 2. The zero-order valence-electron chi connectivity index (χ0n) is 13.4. The number of para-hydroxylation sites is 1. The van der Waals surface area contributed by atoms with E-state index in [1.54, 1.807) is 34.4 Å². The molecule has 0 saturated carbocycles. The van der Waals surface area contributed by atoms with Gasteiger partial charge in [-0.15, -0.1) is 22.7 Å². The van der Waals surface area contributed by atoms with E-state index < -0.39 is 0 Å². The first-order valence-corrected chi connectivity index (χ1v) is 10.3. The van der Waals surface area contributed by atoms with Crippen LogP contribution in [0.2, 0.25) is 0 Å². The second-order valence-electron chi connectivity index (χ2n) is 5.82. The summed E-state index contributed by atoms with van der Waals surface area (Å²) in [4.78, 5) is 9.44. The molecule has 24 heavy (non-hydrogen) atoms. The first-order chi connectivity index (χ1) is 11.7. The lowest BCUT2D eigenvalue weighted by Crippen LogP contribution is -1.86. The van der Waals surface area contributed by atoms with Crippen LogP contribution in [-0.2, 0) is 0 Å². The molecule has 0 aliphatic rings. The van der Waals surface area contributed by atoms with Crippen molar-refractivity contribution >= 4 is 44.7 Å². The van der Waals surface area contributed by atoms with Gasteiger partial charge in [-0.3, -0.25) is 0 Å². The molecule has 0 aliphatic heterocycles. The van der Waals surface area contributed by atoms with Crippen LogP contribution in [0.4, 0.5) is 0 Å². The van der Waals surface area contributed by atoms with E-state index in [2.05, 4.69) is 66.7 Å². The molecule has 2 nitrogen and oxygen atoms in total. The second-order valence-corrected chi connectivity index (χ2v) is 9.21. The van der Waals surface area contributed by atoms with Gasteiger partial charge in [-0.2, -0.15) is 0 Å². The molecule has 0 aliphatic carbocycles. The summed E-state index contributed by atoms with van der Waals surface area (Å²) in [6.07, 6.45) is 0. The molecule has 5 heteroatoms. The van der Waals surface area contributed by atoms with Crippen molar-refractivity contribution in [2.24, 2.45) is 0 Å². The van der Waals surface area contributed by atoms with Gasteiger partial charge in [-0.25, -0.2) is 9.97 Å². The van der Waals surface area contributed by atoms with E-state index in [1.165, 1.54) is 15.8 Å². The quantitative estimate of drug-likeness (QED) is 0.401. The van der Waals surface area contributed by atoms with Gasteiger partial charge in [0.15, 0.2) is 8.68 Å². The van der Waals surface area contributed by atoms with Crippen LogP contribution in [0.5, 0.6) is 0 Å². The molecule has 0 amide bonds. The van der Waals surface area contributed by atoms with E-state index in [-0.39, 0.29) is 0 Å². The second kappa shape index (κ2) is 6.67. The third-order valence-corrected chi connectivity index (χ3v) is 6.84. The van der Waals surface area contributed by atoms with Crippen LogP contribution in [0.25, 0.3) is 21.5 Å². The number of hydrogen-bond acceptors (Lipinski definition) is 5. The molecule has 2 heterocycles. The van der Waals surface area contributed by atoms with Crippen molar-refractivity contribution in [3.05, 3.63) is 59.5 Å². The van der Waals surface area contributed by atoms with Crippen LogP contribution >= 0.6 is 34.4 Å². The molecular weight excluding hydrogens is 352 g/mol. The van der Waals surface area contributed by atoms with Gasteiger partial charge in [0.25, 0.3) is 0 Å². The molecule has 2 aromatic heterocycles. The van der Waals surface area contributed by atoms with Gasteiger partial charge in [0.05, 0.1) is 15.9 Å². The van der Waals surface area contributed by atoms with Crippen LogP contribution < -0.4 is 0 Å². The zero-order chi connectivity index (χ0) is 16.5. The van der Waals surface area contributed by atoms with E-state index >= 15 is 0 Å². The van der Waals surface area contributed by atoms with Crippen molar-refractivity contribution in [1.29, 1.82) is 0 Å². The van der Waals surface area contributed by atoms with Crippen LogP contribution in [-0.4, -0.2) is 9.97 Å². The minimum absolute atomic E-state index is 0.555. The Morgan fingerprint density at radius 3 is 2.46 bits per heavy atom. The van der Waals surface area contributed by atoms with E-state index in [9.17, 15) is 0 Å². The summed E-state index contributed by atoms with van der Waals surface area (Å²) in [7, 11) is 0. The van der Waals surface area contributed by atoms with Crippen molar-refractivity contribution in [2.75, 3.05) is 0 Å². The molecule has 0 N–H and O–H groups in total. The summed E-state index contributed by atoms with van der Waals surface area (Å²) < 4.78 is 3.31. The minimum atomic E-state index is 0.555. The van der Waals surface area contributed by atoms with E-state index in [1.807, 2.05) is 6.07 Å². The van der Waals surface area contributed by atoms with Gasteiger partial charge < -0.3 is 0 Å². The lowest BCUT2D eigenvalue weighted by molar-refractivity contribution is 0.867. The molecule has 0 unspecified atom stereocenters. The normalized spacial score (nSPS) is 11.5. The van der Waals surface area contributed by atoms with E-state index in [4.69, 9.17) is 4.98 Å². The summed E-state index contributed by atoms with van der Waals surface area (Å²) >= 11 is 5.05. The fourth-order valence-corrected chi connectivity index (χ4v) is 5.54. The molecule has 4 aromatic rings. The van der Waals surface area contributed by atoms with Crippen molar-refractivity contribution < 1.29 is 0 Å². The summed E-state index contributed by atoms with van der Waals surface area (Å²) in [5, 5.41) is 2.13. The number of aromatic nitrogens is 2. The highest BCUT2D eigenvalue weighted by atomic mass is 32.2. The van der Waals surface area contributed by atoms with Crippen molar-refractivity contribution in [3.8, 4) is 11.3 Å². The van der Waals surface area contributed by atoms with Crippen LogP contribution in [0.1, 0.15) is 25.3 Å². The maximum atomic E-state index is 4.77. The number of rotatable bonds is 4. The Bertz CT molecular complexity index is 935. The fourth-order valence-electron chi connectivity index (χ4n) is 2.44. The topological polar surface area (TPSA) is 25.8 Å². The van der Waals surface area contributed by atoms with Crippen molar-refractivity contribution in [3.63, 3.8) is 0 Å². The summed E-state index contributed by atoms with van der Waals surface area (Å²) in [6.45, 7) is 4.43. The Kier molecular flexibility index (Phi) is 4.39. The Hall–Kier alpha value is -1.69. The van der Waals surface area contributed by atoms with E-state index in [0.717, 1.165) is 19.9 Å². The lowest BCUT2D eigenvalue weighted by Gasteiger charge is -2.05. The molecule has 0 atom stereocenters. The Labute approximate surface area is 153 Å².